The molecule has 2 atom stereocenters. The molecule has 2 fully saturated rings. The van der Waals surface area contributed by atoms with Crippen molar-refractivity contribution in [2.24, 2.45) is 5.92 Å². The smallest absolute Gasteiger partial charge is 0.408 e. The van der Waals surface area contributed by atoms with Gasteiger partial charge in [-0.25, -0.2) is 9.18 Å². The third kappa shape index (κ3) is 6.39. The minimum atomic E-state index is -0.837. The Morgan fingerprint density at radius 3 is 2.68 bits per heavy atom. The van der Waals surface area contributed by atoms with Gasteiger partial charge < -0.3 is 29.7 Å². The minimum Gasteiger partial charge on any atom is -0.436 e. The van der Waals surface area contributed by atoms with E-state index in [-0.39, 0.29) is 18.3 Å². The third-order valence-electron chi connectivity index (χ3n) is 7.14. The van der Waals surface area contributed by atoms with Crippen molar-refractivity contribution >= 4 is 17.7 Å². The van der Waals surface area contributed by atoms with Crippen LogP contribution in [0.25, 0.3) is 0 Å². The number of benzene rings is 1. The number of hydrogen-bond donors (Lipinski definition) is 2. The Kier molecular flexibility index (Phi) is 8.61. The zero-order chi connectivity index (χ0) is 23.9. The van der Waals surface area contributed by atoms with Gasteiger partial charge in [-0.15, -0.1) is 0 Å². The third-order valence-corrected chi connectivity index (χ3v) is 7.14. The van der Waals surface area contributed by atoms with E-state index in [1.54, 1.807) is 11.0 Å². The van der Waals surface area contributed by atoms with Crippen LogP contribution in [0.4, 0.5) is 14.9 Å². The molecule has 0 aromatic heterocycles. The van der Waals surface area contributed by atoms with E-state index in [0.29, 0.717) is 58.2 Å². The number of carbonyl (C=O) groups is 2. The second kappa shape index (κ2) is 11.8. The van der Waals surface area contributed by atoms with Crippen LogP contribution >= 0.6 is 0 Å². The van der Waals surface area contributed by atoms with E-state index in [4.69, 9.17) is 9.47 Å². The summed E-state index contributed by atoms with van der Waals surface area (Å²) in [7, 11) is 0. The lowest BCUT2D eigenvalue weighted by Crippen LogP contribution is -2.50. The van der Waals surface area contributed by atoms with Crippen molar-refractivity contribution in [1.29, 1.82) is 0 Å². The summed E-state index contributed by atoms with van der Waals surface area (Å²) >= 11 is 0. The molecule has 2 aliphatic heterocycles. The number of rotatable bonds is 8. The Balaban J connectivity index is 1.36. The molecule has 9 heteroatoms. The van der Waals surface area contributed by atoms with Gasteiger partial charge >= 0.3 is 6.09 Å². The quantitative estimate of drug-likeness (QED) is 0.598. The molecule has 0 spiro atoms. The number of fused-ring (bicyclic) bond motifs is 1. The van der Waals surface area contributed by atoms with Crippen LogP contribution in [-0.4, -0.2) is 80.2 Å². The van der Waals surface area contributed by atoms with Crippen LogP contribution in [0.3, 0.4) is 0 Å². The molecule has 4 rings (SSSR count). The van der Waals surface area contributed by atoms with Gasteiger partial charge in [-0.2, -0.15) is 0 Å². The summed E-state index contributed by atoms with van der Waals surface area (Å²) in [4.78, 5) is 29.7. The fourth-order valence-electron chi connectivity index (χ4n) is 5.29. The van der Waals surface area contributed by atoms with Gasteiger partial charge in [0.1, 0.15) is 5.82 Å². The van der Waals surface area contributed by atoms with Crippen LogP contribution in [0.5, 0.6) is 0 Å². The van der Waals surface area contributed by atoms with Gasteiger partial charge in [0.25, 0.3) is 5.91 Å². The highest BCUT2D eigenvalue weighted by molar-refractivity contribution is 5.83. The normalized spacial score (nSPS) is 20.5. The van der Waals surface area contributed by atoms with E-state index in [9.17, 15) is 19.1 Å². The Hall–Kier alpha value is -2.39. The average molecular weight is 478 g/mol. The van der Waals surface area contributed by atoms with E-state index in [0.717, 1.165) is 36.9 Å². The van der Waals surface area contributed by atoms with Gasteiger partial charge in [0.2, 0.25) is 0 Å². The zero-order valence-corrected chi connectivity index (χ0v) is 19.7. The van der Waals surface area contributed by atoms with E-state index in [1.807, 2.05) is 4.90 Å². The lowest BCUT2D eigenvalue weighted by molar-refractivity contribution is -0.145. The van der Waals surface area contributed by atoms with Gasteiger partial charge in [-0.1, -0.05) is 32.1 Å². The maximum atomic E-state index is 13.5. The summed E-state index contributed by atoms with van der Waals surface area (Å²) in [5, 5.41) is 12.6. The van der Waals surface area contributed by atoms with Gasteiger partial charge in [0, 0.05) is 31.9 Å². The fraction of sp³-hybridized carbons (Fsp3) is 0.680. The largest absolute Gasteiger partial charge is 0.436 e. The lowest BCUT2D eigenvalue weighted by Gasteiger charge is -2.32. The minimum absolute atomic E-state index is 0.167. The van der Waals surface area contributed by atoms with E-state index in [2.05, 4.69) is 5.32 Å². The summed E-state index contributed by atoms with van der Waals surface area (Å²) < 4.78 is 24.6. The fourth-order valence-corrected chi connectivity index (χ4v) is 5.29. The Morgan fingerprint density at radius 2 is 1.94 bits per heavy atom. The van der Waals surface area contributed by atoms with Crippen molar-refractivity contribution < 1.29 is 28.6 Å². The Morgan fingerprint density at radius 1 is 1.18 bits per heavy atom. The predicted octanol–water partition coefficient (Wildman–Crippen LogP) is 2.47. The number of halogens is 1. The molecule has 2 amide bonds. The Labute approximate surface area is 200 Å². The first-order valence-electron chi connectivity index (χ1n) is 12.5. The van der Waals surface area contributed by atoms with Crippen molar-refractivity contribution in [3.8, 4) is 0 Å². The number of nitrogens with one attached hydrogen (secondary N) is 1. The lowest BCUT2D eigenvalue weighted by atomic mass is 9.85. The van der Waals surface area contributed by atoms with E-state index in [1.165, 1.54) is 18.6 Å². The van der Waals surface area contributed by atoms with Crippen LogP contribution in [0.2, 0.25) is 0 Å². The molecular weight excluding hydrogens is 441 g/mol. The number of anilines is 1. The number of amides is 2. The molecule has 0 bridgehead atoms. The van der Waals surface area contributed by atoms with Gasteiger partial charge in [0.05, 0.1) is 25.9 Å². The van der Waals surface area contributed by atoms with Gasteiger partial charge in [-0.05, 0) is 42.5 Å². The van der Waals surface area contributed by atoms with E-state index >= 15 is 0 Å². The molecule has 1 saturated carbocycles. The molecule has 3 aliphatic rings. The SMILES string of the molecule is O=C(NC(CO)CN1CCc2cc(F)ccc21)O[C@@H](CC1CCCCC1)C(=O)N1CCOCC1. The number of alkyl carbamates (subject to hydrolysis) is 1. The Bertz CT molecular complexity index is 842. The van der Waals surface area contributed by atoms with Crippen molar-refractivity contribution in [2.75, 3.05) is 50.9 Å². The first-order valence-corrected chi connectivity index (χ1v) is 12.5. The van der Waals surface area contributed by atoms with Crippen LogP contribution < -0.4 is 10.2 Å². The number of ether oxygens (including phenoxy) is 2. The van der Waals surface area contributed by atoms with Gasteiger partial charge in [0.15, 0.2) is 6.10 Å². The highest BCUT2D eigenvalue weighted by Gasteiger charge is 2.33. The van der Waals surface area contributed by atoms with E-state index < -0.39 is 18.2 Å². The molecule has 8 nitrogen and oxygen atoms in total. The number of carbonyl (C=O) groups excluding carboxylic acids is 2. The maximum Gasteiger partial charge on any atom is 0.408 e. The molecule has 1 unspecified atom stereocenters. The van der Waals surface area contributed by atoms with Crippen molar-refractivity contribution in [3.63, 3.8) is 0 Å². The van der Waals surface area contributed by atoms with Crippen LogP contribution in [0, 0.1) is 11.7 Å². The molecule has 2 heterocycles. The van der Waals surface area contributed by atoms with Crippen LogP contribution in [0.1, 0.15) is 44.1 Å². The average Bonchev–Trinajstić information content (AvgIpc) is 3.25. The van der Waals surface area contributed by atoms with Crippen LogP contribution in [0.15, 0.2) is 18.2 Å². The van der Waals surface area contributed by atoms with Crippen LogP contribution in [-0.2, 0) is 20.7 Å². The second-order valence-electron chi connectivity index (χ2n) is 9.56. The van der Waals surface area contributed by atoms with Gasteiger partial charge in [-0.3, -0.25) is 4.79 Å². The summed E-state index contributed by atoms with van der Waals surface area (Å²) in [6, 6.07) is 4.10. The predicted molar refractivity (Wildman–Crippen MR) is 125 cm³/mol. The zero-order valence-electron chi connectivity index (χ0n) is 19.7. The summed E-state index contributed by atoms with van der Waals surface area (Å²) in [6.45, 7) is 2.76. The number of morpholine rings is 1. The summed E-state index contributed by atoms with van der Waals surface area (Å²) in [5.74, 6) is -0.0679. The molecule has 1 aromatic rings. The van der Waals surface area contributed by atoms with Crippen molar-refractivity contribution in [2.45, 2.75) is 57.1 Å². The first-order chi connectivity index (χ1) is 16.5. The summed E-state index contributed by atoms with van der Waals surface area (Å²) in [6.07, 6.45) is 5.30. The number of aliphatic hydroxyl groups excluding tert-OH is 1. The maximum absolute atomic E-state index is 13.5. The molecule has 34 heavy (non-hydrogen) atoms. The molecule has 188 valence electrons. The highest BCUT2D eigenvalue weighted by atomic mass is 19.1. The summed E-state index contributed by atoms with van der Waals surface area (Å²) in [5.41, 5.74) is 1.83. The number of aliphatic hydroxyl groups is 1. The monoisotopic (exact) mass is 477 g/mol. The first kappa shape index (κ1) is 24.7. The topological polar surface area (TPSA) is 91.3 Å². The molecule has 1 saturated heterocycles. The highest BCUT2D eigenvalue weighted by Crippen LogP contribution is 2.30. The second-order valence-corrected chi connectivity index (χ2v) is 9.56. The molecular formula is C25H36FN3O5. The number of hydrogen-bond acceptors (Lipinski definition) is 6. The molecule has 1 aromatic carbocycles. The molecule has 0 radical (unpaired) electrons. The van der Waals surface area contributed by atoms with Crippen molar-refractivity contribution in [3.05, 3.63) is 29.6 Å². The number of nitrogens with zero attached hydrogens (tertiary/aromatic N) is 2. The molecule has 2 N–H and O–H groups in total. The standard InChI is InChI=1S/C25H36FN3O5/c26-20-6-7-22-19(15-20)8-9-29(22)16-21(17-30)27-25(32)34-23(14-18-4-2-1-3-5-18)24(31)28-10-12-33-13-11-28/h6-7,15,18,21,23,30H,1-5,8-14,16-17H2,(H,27,32)/t21?,23-/m0/s1. The van der Waals surface area contributed by atoms with Crippen molar-refractivity contribution in [1.82, 2.24) is 10.2 Å². The molecule has 1 aliphatic carbocycles.